The molecular formula is C27H26F3N7O2. The van der Waals surface area contributed by atoms with E-state index in [1.54, 1.807) is 37.6 Å². The maximum Gasteiger partial charge on any atom is 0.229 e. The highest BCUT2D eigenvalue weighted by Crippen LogP contribution is 2.38. The van der Waals surface area contributed by atoms with E-state index in [1.807, 2.05) is 10.8 Å². The van der Waals surface area contributed by atoms with Crippen LogP contribution in [-0.4, -0.2) is 45.3 Å². The Balaban J connectivity index is 1.22. The average Bonchev–Trinajstić information content (AvgIpc) is 3.38. The van der Waals surface area contributed by atoms with Gasteiger partial charge in [-0.2, -0.15) is 4.98 Å². The molecule has 1 fully saturated rings. The summed E-state index contributed by atoms with van der Waals surface area (Å²) in [4.78, 5) is 19.7. The third-order valence-electron chi connectivity index (χ3n) is 7.24. The van der Waals surface area contributed by atoms with Crippen molar-refractivity contribution in [1.82, 2.24) is 24.5 Å². The molecule has 1 atom stereocenters. The van der Waals surface area contributed by atoms with E-state index < -0.39 is 23.5 Å². The second kappa shape index (κ2) is 10.1. The summed E-state index contributed by atoms with van der Waals surface area (Å²) < 4.78 is 54.4. The molecule has 1 unspecified atom stereocenters. The van der Waals surface area contributed by atoms with E-state index in [1.165, 1.54) is 25.5 Å². The third kappa shape index (κ3) is 4.82. The Morgan fingerprint density at radius 3 is 2.56 bits per heavy atom. The number of methoxy groups -OCH3 is 1. The molecule has 0 radical (unpaired) electrons. The molecule has 4 aromatic rings. The van der Waals surface area contributed by atoms with E-state index in [2.05, 4.69) is 25.3 Å². The first kappa shape index (κ1) is 25.0. The Kier molecular flexibility index (Phi) is 6.45. The topological polar surface area (TPSA) is 90.2 Å². The van der Waals surface area contributed by atoms with Gasteiger partial charge in [-0.15, -0.1) is 0 Å². The van der Waals surface area contributed by atoms with Crippen molar-refractivity contribution in [3.05, 3.63) is 71.8 Å². The molecule has 9 nitrogen and oxygen atoms in total. The first-order valence-corrected chi connectivity index (χ1v) is 12.6. The molecule has 0 spiro atoms. The second-order valence-electron chi connectivity index (χ2n) is 9.77. The van der Waals surface area contributed by atoms with Gasteiger partial charge in [-0.3, -0.25) is 4.57 Å². The van der Waals surface area contributed by atoms with Crippen LogP contribution in [0.2, 0.25) is 0 Å². The number of benzene rings is 1. The van der Waals surface area contributed by atoms with Crippen molar-refractivity contribution < 1.29 is 22.6 Å². The molecule has 1 aliphatic heterocycles. The van der Waals surface area contributed by atoms with Gasteiger partial charge < -0.3 is 19.7 Å². The lowest BCUT2D eigenvalue weighted by Crippen LogP contribution is -2.34. The van der Waals surface area contributed by atoms with Crippen molar-refractivity contribution in [2.75, 3.05) is 31.0 Å². The highest BCUT2D eigenvalue weighted by Gasteiger charge is 2.30. The number of imidazole rings is 1. The zero-order valence-corrected chi connectivity index (χ0v) is 21.4. The summed E-state index contributed by atoms with van der Waals surface area (Å²) in [7, 11) is 3.28. The van der Waals surface area contributed by atoms with Crippen LogP contribution in [0.25, 0.3) is 5.82 Å². The van der Waals surface area contributed by atoms with Crippen molar-refractivity contribution in [2.24, 2.45) is 5.92 Å². The van der Waals surface area contributed by atoms with Gasteiger partial charge in [-0.05, 0) is 30.0 Å². The van der Waals surface area contributed by atoms with Crippen LogP contribution in [-0.2, 0) is 6.42 Å². The molecule has 202 valence electrons. The van der Waals surface area contributed by atoms with Crippen molar-refractivity contribution in [1.29, 1.82) is 0 Å². The number of hydrogen-bond donors (Lipinski definition) is 1. The van der Waals surface area contributed by atoms with Gasteiger partial charge in [0.25, 0.3) is 0 Å². The number of likely N-dealkylation sites (N-methyl/N-ethyl adjacent to an activating group) is 1. The minimum absolute atomic E-state index is 0.0867. The van der Waals surface area contributed by atoms with Gasteiger partial charge in [0.15, 0.2) is 40.6 Å². The summed E-state index contributed by atoms with van der Waals surface area (Å²) in [6, 6.07) is 3.12. The quantitative estimate of drug-likeness (QED) is 0.324. The van der Waals surface area contributed by atoms with Crippen molar-refractivity contribution in [3.8, 4) is 17.3 Å². The fourth-order valence-electron chi connectivity index (χ4n) is 4.85. The highest BCUT2D eigenvalue weighted by molar-refractivity contribution is 5.62. The van der Waals surface area contributed by atoms with E-state index in [4.69, 9.17) is 9.47 Å². The number of hydrogen-bond acceptors (Lipinski definition) is 8. The van der Waals surface area contributed by atoms with Gasteiger partial charge in [-0.1, -0.05) is 19.3 Å². The van der Waals surface area contributed by atoms with Gasteiger partial charge in [0, 0.05) is 19.3 Å². The summed E-state index contributed by atoms with van der Waals surface area (Å²) in [5, 5.41) is 3.11. The van der Waals surface area contributed by atoms with Gasteiger partial charge in [-0.25, -0.2) is 28.1 Å². The van der Waals surface area contributed by atoms with Crippen molar-refractivity contribution in [3.63, 3.8) is 0 Å². The van der Waals surface area contributed by atoms with Crippen molar-refractivity contribution >= 4 is 17.5 Å². The van der Waals surface area contributed by atoms with Crippen LogP contribution in [0.1, 0.15) is 36.6 Å². The molecule has 6 rings (SSSR count). The molecule has 39 heavy (non-hydrogen) atoms. The van der Waals surface area contributed by atoms with E-state index >= 15 is 0 Å². The second-order valence-corrected chi connectivity index (χ2v) is 9.77. The van der Waals surface area contributed by atoms with Crippen LogP contribution in [0, 0.1) is 23.4 Å². The molecule has 1 aromatic carbocycles. The number of anilines is 3. The summed E-state index contributed by atoms with van der Waals surface area (Å²) in [5.41, 5.74) is 1.85. The lowest BCUT2D eigenvalue weighted by molar-refractivity contribution is 0.264. The van der Waals surface area contributed by atoms with Crippen LogP contribution in [0.5, 0.6) is 11.5 Å². The average molecular weight is 538 g/mol. The molecule has 1 aliphatic carbocycles. The third-order valence-corrected chi connectivity index (χ3v) is 7.24. The van der Waals surface area contributed by atoms with Gasteiger partial charge >= 0.3 is 0 Å². The van der Waals surface area contributed by atoms with Crippen LogP contribution in [0.15, 0.2) is 43.1 Å². The number of aromatic nitrogens is 5. The number of pyridine rings is 1. The molecule has 0 saturated heterocycles. The predicted octanol–water partition coefficient (Wildman–Crippen LogP) is 5.14. The molecule has 0 bridgehead atoms. The lowest BCUT2D eigenvalue weighted by Gasteiger charge is -2.35. The smallest absolute Gasteiger partial charge is 0.229 e. The summed E-state index contributed by atoms with van der Waals surface area (Å²) in [6.07, 6.45) is 11.6. The SMILES string of the molecule is COc1cc(Nc2ncc3c(n2)N(C)C(c2cc(F)c(F)c(F)c2)CO3)cnc1-n1cnc(CC2CCC2)c1. The van der Waals surface area contributed by atoms with Crippen molar-refractivity contribution in [2.45, 2.75) is 31.7 Å². The van der Waals surface area contributed by atoms with Crippen LogP contribution >= 0.6 is 0 Å². The summed E-state index contributed by atoms with van der Waals surface area (Å²) in [6.45, 7) is 0.0867. The molecule has 12 heteroatoms. The van der Waals surface area contributed by atoms with E-state index in [-0.39, 0.29) is 18.1 Å². The van der Waals surface area contributed by atoms with E-state index in [0.717, 1.165) is 24.2 Å². The Morgan fingerprint density at radius 2 is 1.85 bits per heavy atom. The standard InChI is InChI=1S/C27H26F3N7O2/c1-36-21(16-7-19(28)24(30)20(29)8-16)13-39-23-11-32-27(35-26(23)36)34-17-9-22(38-2)25(31-10-17)37-12-18(33-14-37)6-15-4-3-5-15/h7-12,14-15,21H,3-6,13H2,1-2H3,(H,32,34,35). The molecule has 1 saturated carbocycles. The van der Waals surface area contributed by atoms with Gasteiger partial charge in [0.2, 0.25) is 5.95 Å². The Morgan fingerprint density at radius 1 is 1.05 bits per heavy atom. The molecule has 1 N–H and O–H groups in total. The minimum Gasteiger partial charge on any atom is -0.493 e. The number of nitrogens with zero attached hydrogens (tertiary/aromatic N) is 6. The molecule has 3 aromatic heterocycles. The van der Waals surface area contributed by atoms with Crippen LogP contribution in [0.3, 0.4) is 0 Å². The van der Waals surface area contributed by atoms with Crippen LogP contribution < -0.4 is 19.7 Å². The predicted molar refractivity (Wildman–Crippen MR) is 137 cm³/mol. The van der Waals surface area contributed by atoms with Crippen LogP contribution in [0.4, 0.5) is 30.6 Å². The first-order chi connectivity index (χ1) is 18.9. The molecule has 0 amide bonds. The Hall–Kier alpha value is -4.35. The monoisotopic (exact) mass is 537 g/mol. The number of ether oxygens (including phenoxy) is 2. The van der Waals surface area contributed by atoms with Gasteiger partial charge in [0.1, 0.15) is 12.9 Å². The number of halogens is 3. The fourth-order valence-corrected chi connectivity index (χ4v) is 4.85. The Bertz CT molecular complexity index is 1500. The normalized spacial score (nSPS) is 16.8. The summed E-state index contributed by atoms with van der Waals surface area (Å²) in [5.74, 6) is -1.11. The fraction of sp³-hybridized carbons (Fsp3) is 0.333. The zero-order valence-electron chi connectivity index (χ0n) is 21.4. The van der Waals surface area contributed by atoms with Gasteiger partial charge in [0.05, 0.1) is 36.9 Å². The first-order valence-electron chi connectivity index (χ1n) is 12.6. The Labute approximate surface area is 222 Å². The highest BCUT2D eigenvalue weighted by atomic mass is 19.2. The lowest BCUT2D eigenvalue weighted by atomic mass is 9.82. The summed E-state index contributed by atoms with van der Waals surface area (Å²) >= 11 is 0. The minimum atomic E-state index is -1.51. The number of nitrogens with one attached hydrogen (secondary N) is 1. The largest absolute Gasteiger partial charge is 0.493 e. The molecule has 4 heterocycles. The zero-order chi connectivity index (χ0) is 27.1. The maximum absolute atomic E-state index is 13.9. The number of rotatable bonds is 7. The van der Waals surface area contributed by atoms with E-state index in [0.29, 0.717) is 34.7 Å². The maximum atomic E-state index is 13.9. The number of fused-ring (bicyclic) bond motifs is 1. The molecular weight excluding hydrogens is 511 g/mol. The molecule has 2 aliphatic rings. The van der Waals surface area contributed by atoms with E-state index in [9.17, 15) is 13.2 Å².